The van der Waals surface area contributed by atoms with Gasteiger partial charge in [-0.05, 0) is 6.07 Å². The third kappa shape index (κ3) is 4.16. The number of ether oxygens (including phenoxy) is 1. The van der Waals surface area contributed by atoms with Gasteiger partial charge >= 0.3 is 0 Å². The maximum Gasteiger partial charge on any atom is 0.246 e. The van der Waals surface area contributed by atoms with Crippen LogP contribution in [0.15, 0.2) is 18.2 Å². The molecule has 0 spiro atoms. The zero-order valence-corrected chi connectivity index (χ0v) is 13.1. The van der Waals surface area contributed by atoms with E-state index in [4.69, 9.17) is 16.3 Å². The first kappa shape index (κ1) is 17.1. The predicted octanol–water partition coefficient (Wildman–Crippen LogP) is 1.03. The molecule has 7 heteroatoms. The molecular formula is C15H20ClFN2O3. The van der Waals surface area contributed by atoms with Gasteiger partial charge in [-0.15, -0.1) is 0 Å². The number of aliphatic hydroxyl groups excluding tert-OH is 1. The molecule has 1 aromatic rings. The lowest BCUT2D eigenvalue weighted by atomic mass is 10.1. The molecule has 1 amide bonds. The number of methoxy groups -OCH3 is 1. The van der Waals surface area contributed by atoms with Crippen LogP contribution in [0.5, 0.6) is 0 Å². The number of nitrogens with one attached hydrogen (secondary N) is 1. The molecule has 0 radical (unpaired) electrons. The number of benzene rings is 1. The molecule has 0 bridgehead atoms. The molecule has 0 aliphatic carbocycles. The Kier molecular flexibility index (Phi) is 6.14. The molecule has 1 heterocycles. The minimum Gasteiger partial charge on any atom is -0.396 e. The van der Waals surface area contributed by atoms with Gasteiger partial charge < -0.3 is 15.2 Å². The van der Waals surface area contributed by atoms with E-state index in [0.29, 0.717) is 25.2 Å². The number of carbonyl (C=O) groups is 1. The lowest BCUT2D eigenvalue weighted by Gasteiger charge is -2.18. The van der Waals surface area contributed by atoms with Gasteiger partial charge in [0.15, 0.2) is 0 Å². The third-order valence-corrected chi connectivity index (χ3v) is 4.09. The topological polar surface area (TPSA) is 61.8 Å². The highest BCUT2D eigenvalue weighted by Crippen LogP contribution is 2.23. The Morgan fingerprint density at radius 2 is 2.32 bits per heavy atom. The van der Waals surface area contributed by atoms with E-state index in [1.807, 2.05) is 4.90 Å². The summed E-state index contributed by atoms with van der Waals surface area (Å²) in [4.78, 5) is 13.6. The molecule has 0 unspecified atom stereocenters. The fourth-order valence-electron chi connectivity index (χ4n) is 2.73. The van der Waals surface area contributed by atoms with Crippen molar-refractivity contribution < 1.29 is 19.0 Å². The maximum atomic E-state index is 13.9. The first-order chi connectivity index (χ1) is 10.5. The van der Waals surface area contributed by atoms with Crippen LogP contribution >= 0.6 is 11.6 Å². The van der Waals surface area contributed by atoms with Gasteiger partial charge in [0.25, 0.3) is 0 Å². The number of rotatable bonds is 6. The first-order valence-corrected chi connectivity index (χ1v) is 7.47. The van der Waals surface area contributed by atoms with Gasteiger partial charge in [0.1, 0.15) is 12.4 Å². The van der Waals surface area contributed by atoms with E-state index in [9.17, 15) is 14.3 Å². The van der Waals surface area contributed by atoms with Gasteiger partial charge in [0.05, 0.1) is 5.02 Å². The van der Waals surface area contributed by atoms with Crippen LogP contribution in [-0.2, 0) is 16.1 Å². The minimum atomic E-state index is -0.420. The summed E-state index contributed by atoms with van der Waals surface area (Å²) in [5, 5.41) is 12.4. The van der Waals surface area contributed by atoms with E-state index in [0.717, 1.165) is 0 Å². The summed E-state index contributed by atoms with van der Waals surface area (Å²) in [5.74, 6) is -0.721. The van der Waals surface area contributed by atoms with Crippen molar-refractivity contribution in [3.63, 3.8) is 0 Å². The summed E-state index contributed by atoms with van der Waals surface area (Å²) in [5.41, 5.74) is 0.507. The summed E-state index contributed by atoms with van der Waals surface area (Å²) in [6.07, 6.45) is 0. The van der Waals surface area contributed by atoms with Gasteiger partial charge in [-0.2, -0.15) is 0 Å². The number of hydrogen-bond donors (Lipinski definition) is 2. The normalized spacial score (nSPS) is 22.0. The number of halogens is 2. The number of hydrogen-bond acceptors (Lipinski definition) is 4. The Balaban J connectivity index is 1.99. The Hall–Kier alpha value is -1.21. The Morgan fingerprint density at radius 1 is 1.55 bits per heavy atom. The van der Waals surface area contributed by atoms with Crippen molar-refractivity contribution in [2.75, 3.05) is 33.4 Å². The minimum absolute atomic E-state index is 0.0163. The fraction of sp³-hybridized carbons (Fsp3) is 0.533. The molecule has 2 rings (SSSR count). The molecule has 22 heavy (non-hydrogen) atoms. The van der Waals surface area contributed by atoms with Gasteiger partial charge in [-0.25, -0.2) is 4.39 Å². The van der Waals surface area contributed by atoms with E-state index in [2.05, 4.69) is 5.32 Å². The highest BCUT2D eigenvalue weighted by atomic mass is 35.5. The summed E-state index contributed by atoms with van der Waals surface area (Å²) >= 11 is 5.78. The highest BCUT2D eigenvalue weighted by molar-refractivity contribution is 6.30. The quantitative estimate of drug-likeness (QED) is 0.818. The van der Waals surface area contributed by atoms with Gasteiger partial charge in [0, 0.05) is 50.9 Å². The molecule has 1 aromatic carbocycles. The molecule has 5 nitrogen and oxygen atoms in total. The summed E-state index contributed by atoms with van der Waals surface area (Å²) in [6.45, 7) is 1.47. The number of amides is 1. The lowest BCUT2D eigenvalue weighted by molar-refractivity contribution is -0.125. The number of likely N-dealkylation sites (tertiary alicyclic amines) is 1. The van der Waals surface area contributed by atoms with E-state index >= 15 is 0 Å². The standard InChI is InChI=1S/C15H20ClFN2O3/c1-22-9-14(21)18-13-7-19(6-11(13)8-20)5-10-3-2-4-12(16)15(10)17/h2-4,11,13,20H,5-9H2,1H3,(H,18,21)/t11-,13+/m0/s1. The molecular weight excluding hydrogens is 311 g/mol. The monoisotopic (exact) mass is 330 g/mol. The van der Waals surface area contributed by atoms with Gasteiger partial charge in [-0.1, -0.05) is 23.7 Å². The van der Waals surface area contributed by atoms with Crippen LogP contribution < -0.4 is 5.32 Å². The molecule has 2 N–H and O–H groups in total. The first-order valence-electron chi connectivity index (χ1n) is 7.09. The van der Waals surface area contributed by atoms with Crippen LogP contribution in [-0.4, -0.2) is 55.4 Å². The van der Waals surface area contributed by atoms with Crippen molar-refractivity contribution in [1.29, 1.82) is 0 Å². The second-order valence-electron chi connectivity index (χ2n) is 5.46. The molecule has 2 atom stereocenters. The van der Waals surface area contributed by atoms with Crippen LogP contribution in [0, 0.1) is 11.7 Å². The van der Waals surface area contributed by atoms with Crippen LogP contribution in [0.25, 0.3) is 0 Å². The lowest BCUT2D eigenvalue weighted by Crippen LogP contribution is -2.43. The average Bonchev–Trinajstić information content (AvgIpc) is 2.86. The maximum absolute atomic E-state index is 13.9. The molecule has 0 saturated carbocycles. The van der Waals surface area contributed by atoms with Gasteiger partial charge in [0.2, 0.25) is 5.91 Å². The summed E-state index contributed by atoms with van der Waals surface area (Å²) in [6, 6.07) is 4.73. The van der Waals surface area contributed by atoms with Crippen LogP contribution in [0.3, 0.4) is 0 Å². The van der Waals surface area contributed by atoms with Gasteiger partial charge in [-0.3, -0.25) is 9.69 Å². The molecule has 122 valence electrons. The van der Waals surface area contributed by atoms with Crippen LogP contribution in [0.4, 0.5) is 4.39 Å². The average molecular weight is 331 g/mol. The van der Waals surface area contributed by atoms with Crippen LogP contribution in [0.2, 0.25) is 5.02 Å². The zero-order chi connectivity index (χ0) is 16.1. The van der Waals surface area contributed by atoms with E-state index < -0.39 is 5.82 Å². The highest BCUT2D eigenvalue weighted by Gasteiger charge is 2.33. The molecule has 0 aromatic heterocycles. The van der Waals surface area contributed by atoms with Crippen molar-refractivity contribution in [1.82, 2.24) is 10.2 Å². The zero-order valence-electron chi connectivity index (χ0n) is 12.4. The Bertz CT molecular complexity index is 530. The second-order valence-corrected chi connectivity index (χ2v) is 5.86. The van der Waals surface area contributed by atoms with E-state index in [-0.39, 0.29) is 36.1 Å². The summed E-state index contributed by atoms with van der Waals surface area (Å²) in [7, 11) is 1.45. The van der Waals surface area contributed by atoms with Crippen molar-refractivity contribution in [3.8, 4) is 0 Å². The SMILES string of the molecule is COCC(=O)N[C@@H]1CN(Cc2cccc(Cl)c2F)C[C@H]1CO. The number of carbonyl (C=O) groups excluding carboxylic acids is 1. The van der Waals surface area contributed by atoms with Crippen LogP contribution in [0.1, 0.15) is 5.56 Å². The van der Waals surface area contributed by atoms with E-state index in [1.54, 1.807) is 12.1 Å². The van der Waals surface area contributed by atoms with Crippen molar-refractivity contribution in [2.45, 2.75) is 12.6 Å². The Morgan fingerprint density at radius 3 is 3.00 bits per heavy atom. The molecule has 1 saturated heterocycles. The van der Waals surface area contributed by atoms with E-state index in [1.165, 1.54) is 13.2 Å². The largest absolute Gasteiger partial charge is 0.396 e. The van der Waals surface area contributed by atoms with Crippen molar-refractivity contribution in [3.05, 3.63) is 34.6 Å². The number of aliphatic hydroxyl groups is 1. The molecule has 1 aliphatic rings. The molecule has 1 fully saturated rings. The van der Waals surface area contributed by atoms with Crippen molar-refractivity contribution >= 4 is 17.5 Å². The predicted molar refractivity (Wildman–Crippen MR) is 81.1 cm³/mol. The summed E-state index contributed by atoms with van der Waals surface area (Å²) < 4.78 is 18.7. The smallest absolute Gasteiger partial charge is 0.246 e. The number of nitrogens with zero attached hydrogens (tertiary/aromatic N) is 1. The molecule has 1 aliphatic heterocycles. The fourth-order valence-corrected chi connectivity index (χ4v) is 2.92. The Labute approximate surface area is 134 Å². The second kappa shape index (κ2) is 7.87. The third-order valence-electron chi connectivity index (χ3n) is 3.80. The van der Waals surface area contributed by atoms with Crippen molar-refractivity contribution in [2.24, 2.45) is 5.92 Å².